The highest BCUT2D eigenvalue weighted by Gasteiger charge is 2.37. The Kier molecular flexibility index (Phi) is 5.22. The second-order valence-electron chi connectivity index (χ2n) is 6.14. The van der Waals surface area contributed by atoms with Crippen molar-refractivity contribution in [1.29, 1.82) is 0 Å². The molecule has 1 heterocycles. The average Bonchev–Trinajstić information content (AvgIpc) is 2.88. The van der Waals surface area contributed by atoms with Crippen molar-refractivity contribution in [2.24, 2.45) is 5.41 Å². The van der Waals surface area contributed by atoms with Crippen molar-refractivity contribution < 1.29 is 9.53 Å². The molecular formula is C15H28N2O2. The summed E-state index contributed by atoms with van der Waals surface area (Å²) in [6, 6.07) is -0.173. The van der Waals surface area contributed by atoms with Gasteiger partial charge in [0.2, 0.25) is 0 Å². The SMILES string of the molecule is CCNC(CN1CCC2(CCCC2)CC1)C(=O)OC. The van der Waals surface area contributed by atoms with Crippen molar-refractivity contribution >= 4 is 5.97 Å². The van der Waals surface area contributed by atoms with E-state index in [4.69, 9.17) is 4.74 Å². The molecule has 1 atom stereocenters. The summed E-state index contributed by atoms with van der Waals surface area (Å²) in [4.78, 5) is 14.1. The lowest BCUT2D eigenvalue weighted by Crippen LogP contribution is -2.49. The average molecular weight is 268 g/mol. The Morgan fingerprint density at radius 3 is 2.42 bits per heavy atom. The third-order valence-corrected chi connectivity index (χ3v) is 4.96. The lowest BCUT2D eigenvalue weighted by molar-refractivity contribution is -0.143. The molecule has 1 saturated carbocycles. The van der Waals surface area contributed by atoms with E-state index >= 15 is 0 Å². The number of hydrogen-bond acceptors (Lipinski definition) is 4. The molecule has 2 fully saturated rings. The summed E-state index contributed by atoms with van der Waals surface area (Å²) in [5, 5.41) is 3.23. The number of rotatable bonds is 5. The van der Waals surface area contributed by atoms with Gasteiger partial charge in [-0.3, -0.25) is 4.79 Å². The van der Waals surface area contributed by atoms with Crippen molar-refractivity contribution in [2.45, 2.75) is 51.5 Å². The minimum atomic E-state index is -0.173. The van der Waals surface area contributed by atoms with Gasteiger partial charge in [-0.2, -0.15) is 0 Å². The highest BCUT2D eigenvalue weighted by Crippen LogP contribution is 2.46. The van der Waals surface area contributed by atoms with Crippen molar-refractivity contribution in [3.8, 4) is 0 Å². The third-order valence-electron chi connectivity index (χ3n) is 4.96. The van der Waals surface area contributed by atoms with Crippen molar-refractivity contribution in [3.63, 3.8) is 0 Å². The van der Waals surface area contributed by atoms with E-state index < -0.39 is 0 Å². The van der Waals surface area contributed by atoms with Crippen molar-refractivity contribution in [3.05, 3.63) is 0 Å². The zero-order valence-electron chi connectivity index (χ0n) is 12.4. The van der Waals surface area contributed by atoms with E-state index in [0.717, 1.165) is 26.2 Å². The number of piperidine rings is 1. The summed E-state index contributed by atoms with van der Waals surface area (Å²) in [6.07, 6.45) is 8.31. The van der Waals surface area contributed by atoms with E-state index in [1.54, 1.807) is 0 Å². The smallest absolute Gasteiger partial charge is 0.324 e. The second kappa shape index (κ2) is 6.71. The molecule has 0 aromatic rings. The van der Waals surface area contributed by atoms with Crippen LogP contribution in [-0.2, 0) is 9.53 Å². The molecular weight excluding hydrogens is 240 g/mol. The van der Waals surface area contributed by atoms with Gasteiger partial charge in [0.1, 0.15) is 6.04 Å². The minimum Gasteiger partial charge on any atom is -0.468 e. The molecule has 1 aliphatic heterocycles. The molecule has 0 radical (unpaired) electrons. The lowest BCUT2D eigenvalue weighted by Gasteiger charge is -2.40. The Bertz CT molecular complexity index is 291. The Labute approximate surface area is 116 Å². The van der Waals surface area contributed by atoms with Gasteiger partial charge in [0.05, 0.1) is 7.11 Å². The number of likely N-dealkylation sites (tertiary alicyclic amines) is 1. The van der Waals surface area contributed by atoms with Crippen molar-refractivity contribution in [2.75, 3.05) is 33.3 Å². The number of esters is 1. The van der Waals surface area contributed by atoms with Gasteiger partial charge in [-0.05, 0) is 50.7 Å². The van der Waals surface area contributed by atoms with E-state index in [0.29, 0.717) is 5.41 Å². The molecule has 1 spiro atoms. The molecule has 0 aromatic carbocycles. The maximum Gasteiger partial charge on any atom is 0.324 e. The van der Waals surface area contributed by atoms with Crippen LogP contribution in [0, 0.1) is 5.41 Å². The van der Waals surface area contributed by atoms with Crippen LogP contribution in [0.2, 0.25) is 0 Å². The maximum absolute atomic E-state index is 11.7. The zero-order valence-corrected chi connectivity index (χ0v) is 12.4. The topological polar surface area (TPSA) is 41.6 Å². The highest BCUT2D eigenvalue weighted by molar-refractivity contribution is 5.75. The van der Waals surface area contributed by atoms with Crippen LogP contribution in [0.1, 0.15) is 45.4 Å². The van der Waals surface area contributed by atoms with Gasteiger partial charge < -0.3 is 15.0 Å². The minimum absolute atomic E-state index is 0.136. The molecule has 1 N–H and O–H groups in total. The third kappa shape index (κ3) is 3.69. The fourth-order valence-corrected chi connectivity index (χ4v) is 3.70. The van der Waals surface area contributed by atoms with Gasteiger partial charge in [0.15, 0.2) is 0 Å². The quantitative estimate of drug-likeness (QED) is 0.772. The summed E-state index contributed by atoms with van der Waals surface area (Å²) in [5.41, 5.74) is 0.648. The van der Waals surface area contributed by atoms with Crippen LogP contribution in [0.25, 0.3) is 0 Å². The Hall–Kier alpha value is -0.610. The first kappa shape index (κ1) is 14.8. The Balaban J connectivity index is 1.81. The van der Waals surface area contributed by atoms with Crippen LogP contribution < -0.4 is 5.32 Å². The molecule has 1 aliphatic carbocycles. The molecule has 4 nitrogen and oxygen atoms in total. The summed E-state index contributed by atoms with van der Waals surface area (Å²) >= 11 is 0. The van der Waals surface area contributed by atoms with Crippen LogP contribution in [-0.4, -0.2) is 50.2 Å². The van der Waals surface area contributed by atoms with Crippen LogP contribution in [0.3, 0.4) is 0 Å². The second-order valence-corrected chi connectivity index (χ2v) is 6.14. The molecule has 1 unspecified atom stereocenters. The molecule has 2 aliphatic rings. The first-order chi connectivity index (χ1) is 9.19. The number of likely N-dealkylation sites (N-methyl/N-ethyl adjacent to an activating group) is 1. The predicted molar refractivity (Wildman–Crippen MR) is 76.1 cm³/mol. The lowest BCUT2D eigenvalue weighted by atomic mass is 9.77. The fourth-order valence-electron chi connectivity index (χ4n) is 3.70. The number of carbonyl (C=O) groups is 1. The molecule has 110 valence electrons. The van der Waals surface area contributed by atoms with Crippen molar-refractivity contribution in [1.82, 2.24) is 10.2 Å². The number of carbonyl (C=O) groups excluding carboxylic acids is 1. The summed E-state index contributed by atoms with van der Waals surface area (Å²) in [6.45, 7) is 5.89. The zero-order chi connectivity index (χ0) is 13.7. The molecule has 4 heteroatoms. The van der Waals surface area contributed by atoms with E-state index in [1.807, 2.05) is 6.92 Å². The molecule has 0 bridgehead atoms. The first-order valence-electron chi connectivity index (χ1n) is 7.73. The summed E-state index contributed by atoms with van der Waals surface area (Å²) in [5.74, 6) is -0.136. The number of ether oxygens (including phenoxy) is 1. The molecule has 2 rings (SSSR count). The van der Waals surface area contributed by atoms with Crippen LogP contribution in [0.5, 0.6) is 0 Å². The Morgan fingerprint density at radius 2 is 1.89 bits per heavy atom. The highest BCUT2D eigenvalue weighted by atomic mass is 16.5. The number of hydrogen-bond donors (Lipinski definition) is 1. The Morgan fingerprint density at radius 1 is 1.26 bits per heavy atom. The first-order valence-corrected chi connectivity index (χ1v) is 7.73. The molecule has 1 saturated heterocycles. The van der Waals surface area contributed by atoms with Crippen LogP contribution in [0.15, 0.2) is 0 Å². The van der Waals surface area contributed by atoms with E-state index in [-0.39, 0.29) is 12.0 Å². The predicted octanol–water partition coefficient (Wildman–Crippen LogP) is 1.79. The largest absolute Gasteiger partial charge is 0.468 e. The monoisotopic (exact) mass is 268 g/mol. The number of methoxy groups -OCH3 is 1. The fraction of sp³-hybridized carbons (Fsp3) is 0.933. The standard InChI is InChI=1S/C15H28N2O2/c1-3-16-13(14(18)19-2)12-17-10-8-15(9-11-17)6-4-5-7-15/h13,16H,3-12H2,1-2H3. The number of nitrogens with one attached hydrogen (secondary N) is 1. The van der Waals surface area contributed by atoms with Gasteiger partial charge in [-0.25, -0.2) is 0 Å². The molecule has 0 amide bonds. The number of nitrogens with zero attached hydrogens (tertiary/aromatic N) is 1. The van der Waals surface area contributed by atoms with E-state index in [2.05, 4.69) is 10.2 Å². The summed E-state index contributed by atoms with van der Waals surface area (Å²) < 4.78 is 4.87. The van der Waals surface area contributed by atoms with Gasteiger partial charge in [-0.15, -0.1) is 0 Å². The van der Waals surface area contributed by atoms with Gasteiger partial charge in [0, 0.05) is 6.54 Å². The molecule has 19 heavy (non-hydrogen) atoms. The normalized spacial score (nSPS) is 24.5. The van der Waals surface area contributed by atoms with E-state index in [9.17, 15) is 4.79 Å². The van der Waals surface area contributed by atoms with E-state index in [1.165, 1.54) is 45.6 Å². The maximum atomic E-state index is 11.7. The van der Waals surface area contributed by atoms with Crippen LogP contribution in [0.4, 0.5) is 0 Å². The van der Waals surface area contributed by atoms with Gasteiger partial charge in [-0.1, -0.05) is 19.8 Å². The summed E-state index contributed by atoms with van der Waals surface area (Å²) in [7, 11) is 1.47. The van der Waals surface area contributed by atoms with Gasteiger partial charge in [0.25, 0.3) is 0 Å². The van der Waals surface area contributed by atoms with Gasteiger partial charge >= 0.3 is 5.97 Å². The van der Waals surface area contributed by atoms with Crippen LogP contribution >= 0.6 is 0 Å². The molecule has 0 aromatic heterocycles.